The average Bonchev–Trinajstić information content (AvgIpc) is 3.06. The van der Waals surface area contributed by atoms with Gasteiger partial charge < -0.3 is 0 Å². The van der Waals surface area contributed by atoms with Crippen LogP contribution in [0.3, 0.4) is 0 Å². The molecule has 2 unspecified atom stereocenters. The Labute approximate surface area is 103 Å². The molecule has 1 fully saturated rings. The van der Waals surface area contributed by atoms with Crippen molar-refractivity contribution in [3.05, 3.63) is 59.3 Å². The lowest BCUT2D eigenvalue weighted by Crippen LogP contribution is -2.09. The summed E-state index contributed by atoms with van der Waals surface area (Å²) in [6.07, 6.45) is 19.0. The Kier molecular flexibility index (Phi) is 2.29. The Morgan fingerprint density at radius 3 is 3.12 bits per heavy atom. The van der Waals surface area contributed by atoms with Crippen molar-refractivity contribution in [2.24, 2.45) is 16.3 Å². The second-order valence-corrected chi connectivity index (χ2v) is 4.92. The second-order valence-electron chi connectivity index (χ2n) is 4.92. The van der Waals surface area contributed by atoms with Gasteiger partial charge in [-0.25, -0.2) is 0 Å². The third kappa shape index (κ3) is 1.49. The zero-order valence-electron chi connectivity index (χ0n) is 10.4. The van der Waals surface area contributed by atoms with Crippen LogP contribution in [0.5, 0.6) is 0 Å². The molecule has 17 heavy (non-hydrogen) atoms. The lowest BCUT2D eigenvalue weighted by Gasteiger charge is -2.21. The zero-order valence-corrected chi connectivity index (χ0v) is 10.4. The Bertz CT molecular complexity index is 526. The number of aliphatic imine (C=N–C) groups is 1. The Morgan fingerprint density at radius 1 is 1.47 bits per heavy atom. The van der Waals surface area contributed by atoms with Gasteiger partial charge in [-0.1, -0.05) is 42.5 Å². The highest BCUT2D eigenvalue weighted by molar-refractivity contribution is 5.86. The topological polar surface area (TPSA) is 12.4 Å². The number of hydrogen-bond acceptors (Lipinski definition) is 1. The van der Waals surface area contributed by atoms with E-state index in [1.165, 1.54) is 23.1 Å². The smallest absolute Gasteiger partial charge is 0.0283 e. The molecule has 0 radical (unpaired) electrons. The normalized spacial score (nSPS) is 34.2. The summed E-state index contributed by atoms with van der Waals surface area (Å²) in [6.45, 7) is 2.07. The van der Waals surface area contributed by atoms with Crippen LogP contribution < -0.4 is 0 Å². The van der Waals surface area contributed by atoms with Gasteiger partial charge in [0.1, 0.15) is 0 Å². The third-order valence-corrected chi connectivity index (χ3v) is 3.98. The predicted molar refractivity (Wildman–Crippen MR) is 73.2 cm³/mol. The summed E-state index contributed by atoms with van der Waals surface area (Å²) >= 11 is 0. The van der Waals surface area contributed by atoms with E-state index in [1.54, 1.807) is 0 Å². The predicted octanol–water partition coefficient (Wildman–Crippen LogP) is 3.63. The summed E-state index contributed by atoms with van der Waals surface area (Å²) in [5.41, 5.74) is 4.36. The van der Waals surface area contributed by atoms with E-state index in [0.717, 1.165) is 0 Å². The first-order valence-corrected chi connectivity index (χ1v) is 6.19. The van der Waals surface area contributed by atoms with Crippen LogP contribution in [-0.4, -0.2) is 13.3 Å². The molecule has 0 saturated heterocycles. The van der Waals surface area contributed by atoms with Gasteiger partial charge in [0.05, 0.1) is 0 Å². The summed E-state index contributed by atoms with van der Waals surface area (Å²) in [6, 6.07) is 0. The Hall–Kier alpha value is -1.63. The number of hydrogen-bond donors (Lipinski definition) is 0. The molecule has 0 aromatic heterocycles. The van der Waals surface area contributed by atoms with Crippen LogP contribution in [0.15, 0.2) is 64.2 Å². The van der Waals surface area contributed by atoms with Gasteiger partial charge in [-0.2, -0.15) is 0 Å². The van der Waals surface area contributed by atoms with Crippen molar-refractivity contribution in [2.45, 2.75) is 13.3 Å². The van der Waals surface area contributed by atoms with Crippen LogP contribution in [0.4, 0.5) is 0 Å². The highest BCUT2D eigenvalue weighted by Gasteiger charge is 2.54. The molecule has 86 valence electrons. The molecule has 0 aliphatic heterocycles. The zero-order chi connectivity index (χ0) is 11.9. The first-order valence-electron chi connectivity index (χ1n) is 6.19. The van der Waals surface area contributed by atoms with Crippen molar-refractivity contribution < 1.29 is 0 Å². The van der Waals surface area contributed by atoms with Crippen LogP contribution in [0.2, 0.25) is 0 Å². The molecule has 0 aromatic rings. The van der Waals surface area contributed by atoms with Crippen molar-refractivity contribution >= 4 is 6.21 Å². The van der Waals surface area contributed by atoms with Gasteiger partial charge in [-0.05, 0) is 36.0 Å². The fraction of sp³-hybridized carbons (Fsp3) is 0.312. The van der Waals surface area contributed by atoms with Gasteiger partial charge in [0.15, 0.2) is 0 Å². The number of nitrogens with zero attached hydrogens (tertiary/aromatic N) is 1. The van der Waals surface area contributed by atoms with Crippen molar-refractivity contribution in [1.29, 1.82) is 0 Å². The minimum Gasteiger partial charge on any atom is -0.296 e. The minimum absolute atomic E-state index is 0.348. The van der Waals surface area contributed by atoms with Crippen molar-refractivity contribution in [1.82, 2.24) is 0 Å². The van der Waals surface area contributed by atoms with E-state index in [4.69, 9.17) is 0 Å². The monoisotopic (exact) mass is 223 g/mol. The maximum absolute atomic E-state index is 4.13. The van der Waals surface area contributed by atoms with Crippen LogP contribution in [0, 0.1) is 11.3 Å². The van der Waals surface area contributed by atoms with Gasteiger partial charge in [0.25, 0.3) is 0 Å². The van der Waals surface area contributed by atoms with Crippen molar-refractivity contribution in [3.8, 4) is 0 Å². The van der Waals surface area contributed by atoms with Gasteiger partial charge in [0, 0.05) is 18.7 Å². The molecule has 1 nitrogen and oxygen atoms in total. The molecule has 3 aliphatic rings. The molecule has 1 spiro atoms. The standard InChI is InChI=1S/C16H17N/c1-3-12(11-17-2)13-8-14-6-4-5-7-16(14)10-15(16)9-13/h3-9,11,15H,10H2,1-2H3/b12-3+,17-11?. The Balaban J connectivity index is 1.99. The second kappa shape index (κ2) is 3.69. The molecule has 0 aromatic carbocycles. The first kappa shape index (κ1) is 10.5. The molecule has 3 aliphatic carbocycles. The van der Waals surface area contributed by atoms with Gasteiger partial charge in [0.2, 0.25) is 0 Å². The van der Waals surface area contributed by atoms with E-state index in [-0.39, 0.29) is 0 Å². The van der Waals surface area contributed by atoms with Crippen molar-refractivity contribution in [2.75, 3.05) is 7.05 Å². The quantitative estimate of drug-likeness (QED) is 0.634. The third-order valence-electron chi connectivity index (χ3n) is 3.98. The summed E-state index contributed by atoms with van der Waals surface area (Å²) in [7, 11) is 1.82. The minimum atomic E-state index is 0.348. The summed E-state index contributed by atoms with van der Waals surface area (Å²) in [5, 5.41) is 0. The maximum Gasteiger partial charge on any atom is 0.0283 e. The number of allylic oxidation sites excluding steroid dienone is 10. The molecule has 1 heteroatoms. The van der Waals surface area contributed by atoms with E-state index in [9.17, 15) is 0 Å². The molecule has 0 amide bonds. The van der Waals surface area contributed by atoms with Crippen LogP contribution in [0.1, 0.15) is 13.3 Å². The van der Waals surface area contributed by atoms with E-state index in [1.807, 2.05) is 13.3 Å². The van der Waals surface area contributed by atoms with Crippen LogP contribution >= 0.6 is 0 Å². The fourth-order valence-corrected chi connectivity index (χ4v) is 2.92. The fourth-order valence-electron chi connectivity index (χ4n) is 2.92. The highest BCUT2D eigenvalue weighted by atomic mass is 14.6. The highest BCUT2D eigenvalue weighted by Crippen LogP contribution is 2.63. The lowest BCUT2D eigenvalue weighted by atomic mass is 9.82. The summed E-state index contributed by atoms with van der Waals surface area (Å²) in [4.78, 5) is 4.13. The van der Waals surface area contributed by atoms with Crippen LogP contribution in [0.25, 0.3) is 0 Å². The van der Waals surface area contributed by atoms with E-state index >= 15 is 0 Å². The average molecular weight is 223 g/mol. The van der Waals surface area contributed by atoms with Gasteiger partial charge in [-0.3, -0.25) is 4.99 Å². The lowest BCUT2D eigenvalue weighted by molar-refractivity contribution is 0.734. The van der Waals surface area contributed by atoms with E-state index < -0.39 is 0 Å². The van der Waals surface area contributed by atoms with E-state index in [0.29, 0.717) is 11.3 Å². The summed E-state index contributed by atoms with van der Waals surface area (Å²) in [5.74, 6) is 0.693. The largest absolute Gasteiger partial charge is 0.296 e. The molecule has 0 bridgehead atoms. The molecular weight excluding hydrogens is 206 g/mol. The van der Waals surface area contributed by atoms with Gasteiger partial charge in [-0.15, -0.1) is 0 Å². The van der Waals surface area contributed by atoms with Crippen LogP contribution in [-0.2, 0) is 0 Å². The molecule has 0 heterocycles. The maximum atomic E-state index is 4.13. The number of rotatable bonds is 2. The molecular formula is C16H17N. The van der Waals surface area contributed by atoms with Gasteiger partial charge >= 0.3 is 0 Å². The Morgan fingerprint density at radius 2 is 2.35 bits per heavy atom. The summed E-state index contributed by atoms with van der Waals surface area (Å²) < 4.78 is 0. The first-order chi connectivity index (χ1) is 8.30. The molecule has 1 saturated carbocycles. The SMILES string of the molecule is C/C=C(\C=NC)C1=CC2CC23C=CC=CC3=C1. The molecule has 2 atom stereocenters. The van der Waals surface area contributed by atoms with Crippen molar-refractivity contribution in [3.63, 3.8) is 0 Å². The molecule has 3 rings (SSSR count). The molecule has 0 N–H and O–H groups in total. The van der Waals surface area contributed by atoms with E-state index in [2.05, 4.69) is 54.4 Å².